The Morgan fingerprint density at radius 1 is 1.19 bits per heavy atom. The van der Waals surface area contributed by atoms with Crippen LogP contribution < -0.4 is 15.4 Å². The van der Waals surface area contributed by atoms with E-state index in [2.05, 4.69) is 10.6 Å². The second-order valence-electron chi connectivity index (χ2n) is 9.59. The summed E-state index contributed by atoms with van der Waals surface area (Å²) in [6.07, 6.45) is 3.17. The Morgan fingerprint density at radius 3 is 2.65 bits per heavy atom. The van der Waals surface area contributed by atoms with Gasteiger partial charge in [0.2, 0.25) is 5.91 Å². The lowest BCUT2D eigenvalue weighted by Gasteiger charge is -2.20. The molecule has 3 aromatic rings. The molecule has 1 unspecified atom stereocenters. The third-order valence-corrected chi connectivity index (χ3v) is 5.33. The Balaban J connectivity index is 1.56. The Labute approximate surface area is 215 Å². The molecular weight excluding hydrogens is 473 g/mol. The van der Waals surface area contributed by atoms with E-state index in [1.807, 2.05) is 51.1 Å². The molecule has 4 N–H and O–H groups in total. The molecule has 10 heteroatoms. The van der Waals surface area contributed by atoms with Crippen molar-refractivity contribution in [1.82, 2.24) is 10.6 Å². The van der Waals surface area contributed by atoms with E-state index in [-0.39, 0.29) is 25.0 Å². The predicted octanol–water partition coefficient (Wildman–Crippen LogP) is 2.76. The number of furan rings is 1. The van der Waals surface area contributed by atoms with Crippen LogP contribution >= 0.6 is 0 Å². The van der Waals surface area contributed by atoms with Gasteiger partial charge in [-0.25, -0.2) is 0 Å². The molecule has 2 amide bonds. The van der Waals surface area contributed by atoms with Crippen molar-refractivity contribution in [2.45, 2.75) is 45.1 Å². The molecule has 37 heavy (non-hydrogen) atoms. The molecule has 1 heterocycles. The van der Waals surface area contributed by atoms with E-state index in [0.717, 1.165) is 10.9 Å². The normalized spacial score (nSPS) is 12.5. The maximum Gasteiger partial charge on any atom is 0.475 e. The molecule has 0 saturated heterocycles. The molecule has 2 aromatic carbocycles. The molecule has 0 spiro atoms. The van der Waals surface area contributed by atoms with Crippen molar-refractivity contribution in [3.63, 3.8) is 0 Å². The quantitative estimate of drug-likeness (QED) is 0.189. The number of benzene rings is 2. The van der Waals surface area contributed by atoms with Gasteiger partial charge in [-0.15, -0.1) is 0 Å². The van der Waals surface area contributed by atoms with Crippen LogP contribution in [0.3, 0.4) is 0 Å². The number of carbonyl (C=O) groups is 2. The van der Waals surface area contributed by atoms with Gasteiger partial charge in [0.1, 0.15) is 23.0 Å². The Kier molecular flexibility index (Phi) is 9.12. The van der Waals surface area contributed by atoms with Crippen LogP contribution in [0, 0.1) is 11.3 Å². The van der Waals surface area contributed by atoms with Crippen molar-refractivity contribution in [2.75, 3.05) is 6.61 Å². The zero-order chi connectivity index (χ0) is 27.0. The topological polar surface area (TPSA) is 145 Å². The van der Waals surface area contributed by atoms with Crippen molar-refractivity contribution >= 4 is 36.0 Å². The van der Waals surface area contributed by atoms with Gasteiger partial charge in [0.15, 0.2) is 0 Å². The zero-order valence-corrected chi connectivity index (χ0v) is 21.0. The fourth-order valence-electron chi connectivity index (χ4n) is 3.62. The third-order valence-electron chi connectivity index (χ3n) is 5.33. The fraction of sp³-hybridized carbons (Fsp3) is 0.296. The average molecular weight is 503 g/mol. The Bertz CT molecular complexity index is 1320. The highest BCUT2D eigenvalue weighted by Gasteiger charge is 2.27. The molecule has 0 fully saturated rings. The largest absolute Gasteiger partial charge is 0.493 e. The van der Waals surface area contributed by atoms with Gasteiger partial charge in [-0.1, -0.05) is 30.3 Å². The first kappa shape index (κ1) is 27.5. The van der Waals surface area contributed by atoms with Gasteiger partial charge in [-0.2, -0.15) is 5.26 Å². The van der Waals surface area contributed by atoms with E-state index in [4.69, 9.17) is 9.15 Å². The maximum atomic E-state index is 12.5. The molecule has 1 aromatic heterocycles. The minimum Gasteiger partial charge on any atom is -0.493 e. The number of hydrogen-bond acceptors (Lipinski definition) is 7. The summed E-state index contributed by atoms with van der Waals surface area (Å²) in [6.45, 7) is 5.52. The zero-order valence-electron chi connectivity index (χ0n) is 21.0. The number of hydrogen-bond donors (Lipinski definition) is 4. The van der Waals surface area contributed by atoms with Crippen LogP contribution in [-0.2, 0) is 16.0 Å². The molecule has 192 valence electrons. The monoisotopic (exact) mass is 503 g/mol. The minimum absolute atomic E-state index is 0.0210. The van der Waals surface area contributed by atoms with Crippen LogP contribution in [0.15, 0.2) is 64.8 Å². The second kappa shape index (κ2) is 12.3. The molecule has 9 nitrogen and oxygen atoms in total. The van der Waals surface area contributed by atoms with Crippen LogP contribution in [0.2, 0.25) is 0 Å². The number of ether oxygens (including phenoxy) is 1. The standard InChI is InChI=1S/C27H30BN3O6/c1-27(2,3)31-26(33)19(16-29)13-18-7-6-8-21(14-18)36-12-11-25(32)30-24(28(34)35)15-20-17-37-23-10-5-4-9-22(20)23/h4-10,13-14,17,24,34-35H,11-12,15H2,1-3H3,(H,30,32)(H,31,33). The van der Waals surface area contributed by atoms with Crippen LogP contribution in [0.1, 0.15) is 38.3 Å². The third kappa shape index (κ3) is 8.24. The predicted molar refractivity (Wildman–Crippen MR) is 140 cm³/mol. The van der Waals surface area contributed by atoms with Gasteiger partial charge in [0.25, 0.3) is 5.91 Å². The first-order valence-corrected chi connectivity index (χ1v) is 11.8. The summed E-state index contributed by atoms with van der Waals surface area (Å²) in [5.74, 6) is -1.35. The molecule has 0 bridgehead atoms. The first-order chi connectivity index (χ1) is 17.6. The van der Waals surface area contributed by atoms with Crippen molar-refractivity contribution in [2.24, 2.45) is 0 Å². The van der Waals surface area contributed by atoms with Gasteiger partial charge in [-0.05, 0) is 62.6 Å². The van der Waals surface area contributed by atoms with Crippen LogP contribution in [-0.4, -0.2) is 47.1 Å². The lowest BCUT2D eigenvalue weighted by Crippen LogP contribution is -2.48. The number of nitriles is 1. The highest BCUT2D eigenvalue weighted by Crippen LogP contribution is 2.22. The SMILES string of the molecule is CC(C)(C)NC(=O)C(C#N)=Cc1cccc(OCCC(=O)NC(Cc2coc3ccccc23)B(O)O)c1. The average Bonchev–Trinajstić information content (AvgIpc) is 3.24. The highest BCUT2D eigenvalue weighted by atomic mass is 16.5. The van der Waals surface area contributed by atoms with E-state index >= 15 is 0 Å². The first-order valence-electron chi connectivity index (χ1n) is 11.8. The summed E-state index contributed by atoms with van der Waals surface area (Å²) in [7, 11) is -1.76. The van der Waals surface area contributed by atoms with Crippen molar-refractivity contribution in [3.05, 3.63) is 71.5 Å². The second-order valence-corrected chi connectivity index (χ2v) is 9.59. The van der Waals surface area contributed by atoms with E-state index in [1.165, 1.54) is 6.08 Å². The molecular formula is C27H30BN3O6. The Hall–Kier alpha value is -4.07. The van der Waals surface area contributed by atoms with Crippen molar-refractivity contribution in [3.8, 4) is 11.8 Å². The Morgan fingerprint density at radius 2 is 1.95 bits per heavy atom. The number of para-hydroxylation sites is 1. The van der Waals surface area contributed by atoms with Crippen LogP contribution in [0.5, 0.6) is 5.75 Å². The summed E-state index contributed by atoms with van der Waals surface area (Å²) in [6, 6.07) is 16.1. The molecule has 0 aliphatic heterocycles. The smallest absolute Gasteiger partial charge is 0.475 e. The van der Waals surface area contributed by atoms with Crippen molar-refractivity contribution in [1.29, 1.82) is 5.26 Å². The summed E-state index contributed by atoms with van der Waals surface area (Å²) in [4.78, 5) is 24.8. The maximum absolute atomic E-state index is 12.5. The van der Waals surface area contributed by atoms with Gasteiger partial charge in [-0.3, -0.25) is 9.59 Å². The lowest BCUT2D eigenvalue weighted by molar-refractivity contribution is -0.122. The summed E-state index contributed by atoms with van der Waals surface area (Å²) in [5.41, 5.74) is 1.51. The molecule has 0 aliphatic rings. The molecule has 0 radical (unpaired) electrons. The van der Waals surface area contributed by atoms with E-state index in [1.54, 1.807) is 30.5 Å². The van der Waals surface area contributed by atoms with E-state index in [9.17, 15) is 24.9 Å². The summed E-state index contributed by atoms with van der Waals surface area (Å²) < 4.78 is 11.1. The highest BCUT2D eigenvalue weighted by molar-refractivity contribution is 6.43. The molecule has 1 atom stereocenters. The van der Waals surface area contributed by atoms with E-state index < -0.39 is 30.4 Å². The number of amides is 2. The molecule has 3 rings (SSSR count). The van der Waals surface area contributed by atoms with Crippen LogP contribution in [0.25, 0.3) is 17.0 Å². The molecule has 0 aliphatic carbocycles. The van der Waals surface area contributed by atoms with Gasteiger partial charge < -0.3 is 29.8 Å². The number of nitrogens with zero attached hydrogens (tertiary/aromatic N) is 1. The minimum atomic E-state index is -1.76. The van der Waals surface area contributed by atoms with Gasteiger partial charge in [0.05, 0.1) is 25.2 Å². The number of rotatable bonds is 10. The lowest BCUT2D eigenvalue weighted by atomic mass is 9.76. The number of nitrogens with one attached hydrogen (secondary N) is 2. The van der Waals surface area contributed by atoms with Crippen molar-refractivity contribution < 1.29 is 28.8 Å². The number of carbonyl (C=O) groups excluding carboxylic acids is 2. The fourth-order valence-corrected chi connectivity index (χ4v) is 3.62. The summed E-state index contributed by atoms with van der Waals surface area (Å²) in [5, 5.41) is 35.2. The van der Waals surface area contributed by atoms with Crippen LogP contribution in [0.4, 0.5) is 0 Å². The van der Waals surface area contributed by atoms with Gasteiger partial charge in [0, 0.05) is 10.9 Å². The van der Waals surface area contributed by atoms with E-state index in [0.29, 0.717) is 16.9 Å². The van der Waals surface area contributed by atoms with Gasteiger partial charge >= 0.3 is 7.12 Å². The molecule has 0 saturated carbocycles. The number of fused-ring (bicyclic) bond motifs is 1. The summed E-state index contributed by atoms with van der Waals surface area (Å²) >= 11 is 0.